The van der Waals surface area contributed by atoms with Gasteiger partial charge in [-0.2, -0.15) is 0 Å². The van der Waals surface area contributed by atoms with Gasteiger partial charge in [-0.3, -0.25) is 9.59 Å². The second-order valence-corrected chi connectivity index (χ2v) is 8.81. The van der Waals surface area contributed by atoms with Crippen molar-refractivity contribution in [1.29, 1.82) is 0 Å². The molecule has 1 heterocycles. The SMILES string of the molecule is CCCCCC1SCC(C(=O)NCc2ccccc2)N1C(=O)c1ccccc1Cl. The first kappa shape index (κ1) is 21.7. The predicted molar refractivity (Wildman–Crippen MR) is 120 cm³/mol. The smallest absolute Gasteiger partial charge is 0.256 e. The van der Waals surface area contributed by atoms with E-state index in [1.165, 1.54) is 0 Å². The molecule has 2 aromatic rings. The van der Waals surface area contributed by atoms with Crippen LogP contribution in [0.1, 0.15) is 48.5 Å². The van der Waals surface area contributed by atoms with E-state index in [1.54, 1.807) is 40.9 Å². The summed E-state index contributed by atoms with van der Waals surface area (Å²) in [5.74, 6) is 0.329. The van der Waals surface area contributed by atoms with E-state index < -0.39 is 6.04 Å². The molecule has 2 amide bonds. The summed E-state index contributed by atoms with van der Waals surface area (Å²) in [6.07, 6.45) is 4.17. The van der Waals surface area contributed by atoms with E-state index in [4.69, 9.17) is 11.6 Å². The van der Waals surface area contributed by atoms with Crippen molar-refractivity contribution in [1.82, 2.24) is 10.2 Å². The molecule has 0 radical (unpaired) electrons. The summed E-state index contributed by atoms with van der Waals surface area (Å²) in [6.45, 7) is 2.61. The minimum absolute atomic E-state index is 0.00204. The van der Waals surface area contributed by atoms with E-state index >= 15 is 0 Å². The molecule has 1 aliphatic rings. The van der Waals surface area contributed by atoms with Gasteiger partial charge in [-0.1, -0.05) is 80.3 Å². The van der Waals surface area contributed by atoms with Crippen molar-refractivity contribution >= 4 is 35.2 Å². The largest absolute Gasteiger partial charge is 0.350 e. The van der Waals surface area contributed by atoms with E-state index in [9.17, 15) is 9.59 Å². The van der Waals surface area contributed by atoms with Gasteiger partial charge in [0.05, 0.1) is 16.0 Å². The summed E-state index contributed by atoms with van der Waals surface area (Å²) in [6, 6.07) is 16.4. The van der Waals surface area contributed by atoms with Gasteiger partial charge >= 0.3 is 0 Å². The number of hydrogen-bond donors (Lipinski definition) is 1. The number of unbranched alkanes of at least 4 members (excludes halogenated alkanes) is 2. The molecule has 2 aromatic carbocycles. The van der Waals surface area contributed by atoms with E-state index in [0.717, 1.165) is 31.2 Å². The molecular formula is C23H27ClN2O2S. The van der Waals surface area contributed by atoms with Crippen molar-refractivity contribution in [3.63, 3.8) is 0 Å². The first-order valence-corrected chi connectivity index (χ1v) is 11.5. The minimum atomic E-state index is -0.487. The number of halogens is 1. The van der Waals surface area contributed by atoms with E-state index in [1.807, 2.05) is 30.3 Å². The number of benzene rings is 2. The first-order valence-electron chi connectivity index (χ1n) is 10.1. The normalized spacial score (nSPS) is 18.6. The fourth-order valence-electron chi connectivity index (χ4n) is 3.51. The molecule has 6 heteroatoms. The zero-order valence-electron chi connectivity index (χ0n) is 16.6. The number of nitrogens with zero attached hydrogens (tertiary/aromatic N) is 1. The molecule has 1 saturated heterocycles. The summed E-state index contributed by atoms with van der Waals surface area (Å²) in [5.41, 5.74) is 1.49. The van der Waals surface area contributed by atoms with Gasteiger partial charge in [-0.25, -0.2) is 0 Å². The number of thioether (sulfide) groups is 1. The van der Waals surface area contributed by atoms with Crippen LogP contribution in [0.4, 0.5) is 0 Å². The van der Waals surface area contributed by atoms with E-state index in [-0.39, 0.29) is 17.2 Å². The summed E-state index contributed by atoms with van der Waals surface area (Å²) >= 11 is 7.97. The zero-order chi connectivity index (χ0) is 20.6. The Balaban J connectivity index is 1.76. The maximum Gasteiger partial charge on any atom is 0.256 e. The maximum atomic E-state index is 13.3. The van der Waals surface area contributed by atoms with Gasteiger partial charge in [-0.05, 0) is 24.1 Å². The van der Waals surface area contributed by atoms with Crippen LogP contribution >= 0.6 is 23.4 Å². The Kier molecular flexibility index (Phi) is 8.01. The fourth-order valence-corrected chi connectivity index (χ4v) is 5.18. The maximum absolute atomic E-state index is 13.3. The molecule has 2 atom stereocenters. The van der Waals surface area contributed by atoms with Gasteiger partial charge in [0.15, 0.2) is 0 Å². The number of rotatable bonds is 8. The Morgan fingerprint density at radius 3 is 2.55 bits per heavy atom. The molecule has 2 unspecified atom stereocenters. The highest BCUT2D eigenvalue weighted by Crippen LogP contribution is 2.35. The fraction of sp³-hybridized carbons (Fsp3) is 0.391. The molecule has 1 aliphatic heterocycles. The van der Waals surface area contributed by atoms with Crippen LogP contribution in [0.2, 0.25) is 5.02 Å². The predicted octanol–water partition coefficient (Wildman–Crippen LogP) is 5.12. The number of hydrogen-bond acceptors (Lipinski definition) is 3. The molecule has 0 spiro atoms. The molecule has 0 bridgehead atoms. The van der Waals surface area contributed by atoms with Crippen LogP contribution in [0.3, 0.4) is 0 Å². The van der Waals surface area contributed by atoms with Crippen molar-refractivity contribution < 1.29 is 9.59 Å². The highest BCUT2D eigenvalue weighted by Gasteiger charge is 2.41. The first-order chi connectivity index (χ1) is 14.1. The van der Waals surface area contributed by atoms with Gasteiger partial charge < -0.3 is 10.2 Å². The number of carbonyl (C=O) groups is 2. The summed E-state index contributed by atoms with van der Waals surface area (Å²) in [5, 5.41) is 3.42. The molecule has 1 fully saturated rings. The second kappa shape index (κ2) is 10.7. The Labute approximate surface area is 182 Å². The Morgan fingerprint density at radius 2 is 1.83 bits per heavy atom. The third kappa shape index (κ3) is 5.55. The van der Waals surface area contributed by atoms with Crippen molar-refractivity contribution in [3.8, 4) is 0 Å². The molecule has 154 valence electrons. The lowest BCUT2D eigenvalue weighted by atomic mass is 10.1. The lowest BCUT2D eigenvalue weighted by Crippen LogP contribution is -2.49. The van der Waals surface area contributed by atoms with Crippen LogP contribution < -0.4 is 5.32 Å². The summed E-state index contributed by atoms with van der Waals surface area (Å²) in [4.78, 5) is 28.1. The Hall–Kier alpha value is -1.98. The molecule has 0 aromatic heterocycles. The number of carbonyl (C=O) groups excluding carboxylic acids is 2. The van der Waals surface area contributed by atoms with Crippen LogP contribution in [0, 0.1) is 0 Å². The molecular weight excluding hydrogens is 404 g/mol. The van der Waals surface area contributed by atoms with Crippen LogP contribution in [0.25, 0.3) is 0 Å². The molecule has 0 aliphatic carbocycles. The van der Waals surface area contributed by atoms with Crippen molar-refractivity contribution in [3.05, 3.63) is 70.7 Å². The van der Waals surface area contributed by atoms with Crippen LogP contribution in [-0.2, 0) is 11.3 Å². The van der Waals surface area contributed by atoms with E-state index in [2.05, 4.69) is 12.2 Å². The van der Waals surface area contributed by atoms with Crippen LogP contribution in [0.5, 0.6) is 0 Å². The summed E-state index contributed by atoms with van der Waals surface area (Å²) < 4.78 is 0. The third-order valence-corrected chi connectivity index (χ3v) is 6.78. The van der Waals surface area contributed by atoms with Gasteiger partial charge in [0.25, 0.3) is 5.91 Å². The molecule has 29 heavy (non-hydrogen) atoms. The highest BCUT2D eigenvalue weighted by atomic mass is 35.5. The average molecular weight is 431 g/mol. The van der Waals surface area contributed by atoms with E-state index in [0.29, 0.717) is 22.9 Å². The Bertz CT molecular complexity index is 831. The lowest BCUT2D eigenvalue weighted by Gasteiger charge is -2.29. The van der Waals surface area contributed by atoms with Crippen molar-refractivity contribution in [2.45, 2.75) is 50.6 Å². The van der Waals surface area contributed by atoms with Crippen molar-refractivity contribution in [2.24, 2.45) is 0 Å². The second-order valence-electron chi connectivity index (χ2n) is 7.20. The summed E-state index contributed by atoms with van der Waals surface area (Å²) in [7, 11) is 0. The molecule has 1 N–H and O–H groups in total. The highest BCUT2D eigenvalue weighted by molar-refractivity contribution is 8.00. The number of nitrogens with one attached hydrogen (secondary N) is 1. The minimum Gasteiger partial charge on any atom is -0.350 e. The number of amides is 2. The lowest BCUT2D eigenvalue weighted by molar-refractivity contribution is -0.125. The van der Waals surface area contributed by atoms with Gasteiger partial charge in [0, 0.05) is 12.3 Å². The van der Waals surface area contributed by atoms with Gasteiger partial charge in [0.2, 0.25) is 5.91 Å². The monoisotopic (exact) mass is 430 g/mol. The van der Waals surface area contributed by atoms with Gasteiger partial charge in [-0.15, -0.1) is 11.8 Å². The Morgan fingerprint density at radius 1 is 1.10 bits per heavy atom. The van der Waals surface area contributed by atoms with Crippen LogP contribution in [0.15, 0.2) is 54.6 Å². The van der Waals surface area contributed by atoms with Crippen LogP contribution in [-0.4, -0.2) is 33.9 Å². The molecule has 3 rings (SSSR count). The zero-order valence-corrected chi connectivity index (χ0v) is 18.2. The molecule has 4 nitrogen and oxygen atoms in total. The average Bonchev–Trinajstić information content (AvgIpc) is 3.17. The standard InChI is InChI=1S/C23H27ClN2O2S/c1-2-3-5-14-21-26(23(28)18-12-8-9-13-19(18)24)20(16-29-21)22(27)25-15-17-10-6-4-7-11-17/h4,6-13,20-21H,2-3,5,14-16H2,1H3,(H,25,27). The topological polar surface area (TPSA) is 49.4 Å². The van der Waals surface area contributed by atoms with Gasteiger partial charge in [0.1, 0.15) is 6.04 Å². The third-order valence-electron chi connectivity index (χ3n) is 5.10. The van der Waals surface area contributed by atoms with Crippen molar-refractivity contribution in [2.75, 3.05) is 5.75 Å². The quantitative estimate of drug-likeness (QED) is 0.591. The molecule has 0 saturated carbocycles.